The van der Waals surface area contributed by atoms with Gasteiger partial charge in [-0.3, -0.25) is 4.79 Å². The summed E-state index contributed by atoms with van der Waals surface area (Å²) in [5, 5.41) is 3.22. The number of nitrogens with one attached hydrogen (secondary N) is 1. The molecule has 3 heteroatoms. The van der Waals surface area contributed by atoms with Gasteiger partial charge in [0.2, 0.25) is 5.91 Å². The molecule has 1 fully saturated rings. The lowest BCUT2D eigenvalue weighted by Gasteiger charge is -2.34. The van der Waals surface area contributed by atoms with E-state index in [0.29, 0.717) is 11.8 Å². The summed E-state index contributed by atoms with van der Waals surface area (Å²) < 4.78 is 0. The molecule has 1 amide bonds. The van der Waals surface area contributed by atoms with Crippen LogP contribution in [0.5, 0.6) is 0 Å². The first-order chi connectivity index (χ1) is 6.70. The topological polar surface area (TPSA) is 32.3 Å². The van der Waals surface area contributed by atoms with Gasteiger partial charge >= 0.3 is 0 Å². The maximum atomic E-state index is 12.0. The monoisotopic (exact) mass is 198 g/mol. The Kier molecular flexibility index (Phi) is 4.39. The van der Waals surface area contributed by atoms with Gasteiger partial charge < -0.3 is 10.2 Å². The van der Waals surface area contributed by atoms with Crippen molar-refractivity contribution in [2.45, 2.75) is 27.2 Å². The summed E-state index contributed by atoms with van der Waals surface area (Å²) in [5.41, 5.74) is 0. The van der Waals surface area contributed by atoms with Crippen LogP contribution < -0.4 is 5.32 Å². The van der Waals surface area contributed by atoms with Gasteiger partial charge in [0.15, 0.2) is 0 Å². The van der Waals surface area contributed by atoms with Gasteiger partial charge in [-0.1, -0.05) is 13.8 Å². The zero-order valence-electron chi connectivity index (χ0n) is 9.55. The lowest BCUT2D eigenvalue weighted by Crippen LogP contribution is -2.50. The number of carbonyl (C=O) groups is 1. The van der Waals surface area contributed by atoms with Gasteiger partial charge in [-0.25, -0.2) is 0 Å². The summed E-state index contributed by atoms with van der Waals surface area (Å²) in [6.45, 7) is 10.0. The summed E-state index contributed by atoms with van der Waals surface area (Å²) in [6, 6.07) is 0. The first kappa shape index (κ1) is 11.5. The Morgan fingerprint density at radius 3 is 2.50 bits per heavy atom. The van der Waals surface area contributed by atoms with E-state index in [2.05, 4.69) is 26.1 Å². The summed E-state index contributed by atoms with van der Waals surface area (Å²) in [7, 11) is 0. The highest BCUT2D eigenvalue weighted by Crippen LogP contribution is 2.18. The quantitative estimate of drug-likeness (QED) is 0.717. The molecule has 1 saturated heterocycles. The van der Waals surface area contributed by atoms with Crippen molar-refractivity contribution < 1.29 is 4.79 Å². The molecule has 0 radical (unpaired) electrons. The Hall–Kier alpha value is -0.570. The van der Waals surface area contributed by atoms with Crippen LogP contribution in [0.2, 0.25) is 0 Å². The first-order valence-electron chi connectivity index (χ1n) is 5.70. The van der Waals surface area contributed by atoms with Crippen molar-refractivity contribution in [1.29, 1.82) is 0 Å². The molecule has 1 atom stereocenters. The Morgan fingerprint density at radius 1 is 1.50 bits per heavy atom. The van der Waals surface area contributed by atoms with E-state index in [9.17, 15) is 4.79 Å². The van der Waals surface area contributed by atoms with Crippen molar-refractivity contribution >= 4 is 5.91 Å². The zero-order chi connectivity index (χ0) is 10.6. The van der Waals surface area contributed by atoms with Crippen LogP contribution in [0.1, 0.15) is 27.2 Å². The van der Waals surface area contributed by atoms with Gasteiger partial charge in [0, 0.05) is 19.0 Å². The fraction of sp³-hybridized carbons (Fsp3) is 0.909. The van der Waals surface area contributed by atoms with Crippen LogP contribution >= 0.6 is 0 Å². The molecule has 0 aromatic carbocycles. The molecule has 14 heavy (non-hydrogen) atoms. The number of hydrogen-bond donors (Lipinski definition) is 1. The minimum Gasteiger partial charge on any atom is -0.343 e. The Labute approximate surface area is 86.9 Å². The van der Waals surface area contributed by atoms with Gasteiger partial charge in [0.25, 0.3) is 0 Å². The molecule has 3 nitrogen and oxygen atoms in total. The van der Waals surface area contributed by atoms with Crippen LogP contribution in [0.4, 0.5) is 0 Å². The lowest BCUT2D eigenvalue weighted by atomic mass is 9.88. The molecule has 0 saturated carbocycles. The van der Waals surface area contributed by atoms with Gasteiger partial charge in [-0.05, 0) is 32.4 Å². The lowest BCUT2D eigenvalue weighted by molar-refractivity contribution is -0.137. The maximum Gasteiger partial charge on any atom is 0.225 e. The highest BCUT2D eigenvalue weighted by atomic mass is 16.2. The third-order valence-electron chi connectivity index (χ3n) is 3.10. The highest BCUT2D eigenvalue weighted by molar-refractivity contribution is 5.78. The summed E-state index contributed by atoms with van der Waals surface area (Å²) >= 11 is 0. The molecule has 1 N–H and O–H groups in total. The SMILES string of the molecule is CCCN(CC)C(=O)C(C)C1CNC1. The van der Waals surface area contributed by atoms with Crippen LogP contribution in [0, 0.1) is 11.8 Å². The average Bonchev–Trinajstić information content (AvgIpc) is 2.10. The van der Waals surface area contributed by atoms with E-state index in [1.165, 1.54) is 0 Å². The smallest absolute Gasteiger partial charge is 0.225 e. The van der Waals surface area contributed by atoms with E-state index >= 15 is 0 Å². The molecule has 1 aliphatic rings. The number of hydrogen-bond acceptors (Lipinski definition) is 2. The Bertz CT molecular complexity index is 186. The summed E-state index contributed by atoms with van der Waals surface area (Å²) in [4.78, 5) is 14.0. The van der Waals surface area contributed by atoms with Crippen molar-refractivity contribution in [1.82, 2.24) is 10.2 Å². The van der Waals surface area contributed by atoms with Crippen LogP contribution in [-0.4, -0.2) is 37.0 Å². The molecule has 0 spiro atoms. The minimum absolute atomic E-state index is 0.197. The van der Waals surface area contributed by atoms with E-state index in [0.717, 1.165) is 32.6 Å². The number of rotatable bonds is 5. The van der Waals surface area contributed by atoms with Crippen LogP contribution in [0.25, 0.3) is 0 Å². The van der Waals surface area contributed by atoms with E-state index in [1.54, 1.807) is 0 Å². The van der Waals surface area contributed by atoms with Crippen molar-refractivity contribution in [3.63, 3.8) is 0 Å². The van der Waals surface area contributed by atoms with E-state index < -0.39 is 0 Å². The molecular weight excluding hydrogens is 176 g/mol. The van der Waals surface area contributed by atoms with Gasteiger partial charge in [0.05, 0.1) is 0 Å². The molecule has 1 rings (SSSR count). The van der Waals surface area contributed by atoms with Crippen molar-refractivity contribution in [2.24, 2.45) is 11.8 Å². The predicted octanol–water partition coefficient (Wildman–Crippen LogP) is 1.10. The molecule has 0 aliphatic carbocycles. The second-order valence-corrected chi connectivity index (χ2v) is 4.12. The molecule has 0 aromatic rings. The second kappa shape index (κ2) is 5.35. The fourth-order valence-corrected chi connectivity index (χ4v) is 1.85. The van der Waals surface area contributed by atoms with E-state index in [-0.39, 0.29) is 5.92 Å². The first-order valence-corrected chi connectivity index (χ1v) is 5.70. The Morgan fingerprint density at radius 2 is 2.14 bits per heavy atom. The molecule has 1 unspecified atom stereocenters. The third kappa shape index (κ3) is 2.47. The Balaban J connectivity index is 2.43. The fourth-order valence-electron chi connectivity index (χ4n) is 1.85. The molecule has 0 aromatic heterocycles. The summed E-state index contributed by atoms with van der Waals surface area (Å²) in [6.07, 6.45) is 1.05. The number of amides is 1. The second-order valence-electron chi connectivity index (χ2n) is 4.12. The largest absolute Gasteiger partial charge is 0.343 e. The van der Waals surface area contributed by atoms with E-state index in [4.69, 9.17) is 0 Å². The molecule has 82 valence electrons. The number of nitrogens with zero attached hydrogens (tertiary/aromatic N) is 1. The molecule has 1 heterocycles. The molecular formula is C11H22N2O. The van der Waals surface area contributed by atoms with Crippen molar-refractivity contribution in [2.75, 3.05) is 26.2 Å². The number of carbonyl (C=O) groups excluding carboxylic acids is 1. The maximum absolute atomic E-state index is 12.0. The molecule has 1 aliphatic heterocycles. The van der Waals surface area contributed by atoms with Crippen LogP contribution in [-0.2, 0) is 4.79 Å². The van der Waals surface area contributed by atoms with Crippen molar-refractivity contribution in [3.05, 3.63) is 0 Å². The zero-order valence-corrected chi connectivity index (χ0v) is 9.55. The van der Waals surface area contributed by atoms with Gasteiger partial charge in [0.1, 0.15) is 0 Å². The van der Waals surface area contributed by atoms with Crippen LogP contribution in [0.15, 0.2) is 0 Å². The van der Waals surface area contributed by atoms with E-state index in [1.807, 2.05) is 4.90 Å². The standard InChI is InChI=1S/C11H22N2O/c1-4-6-13(5-2)11(14)9(3)10-7-12-8-10/h9-10,12H,4-8H2,1-3H3. The van der Waals surface area contributed by atoms with Gasteiger partial charge in [-0.2, -0.15) is 0 Å². The minimum atomic E-state index is 0.197. The van der Waals surface area contributed by atoms with Gasteiger partial charge in [-0.15, -0.1) is 0 Å². The highest BCUT2D eigenvalue weighted by Gasteiger charge is 2.30. The molecule has 0 bridgehead atoms. The summed E-state index contributed by atoms with van der Waals surface area (Å²) in [5.74, 6) is 1.09. The normalized spacial score (nSPS) is 18.8. The average molecular weight is 198 g/mol. The van der Waals surface area contributed by atoms with Crippen molar-refractivity contribution in [3.8, 4) is 0 Å². The predicted molar refractivity (Wildman–Crippen MR) is 58.1 cm³/mol. The third-order valence-corrected chi connectivity index (χ3v) is 3.10. The van der Waals surface area contributed by atoms with Crippen LogP contribution in [0.3, 0.4) is 0 Å².